The molecule has 4 N–H and O–H groups in total. The molecule has 2 fully saturated rings. The van der Waals surface area contributed by atoms with Crippen LogP contribution >= 0.6 is 37.2 Å². The number of carbonyl (C=O) groups is 2. The zero-order chi connectivity index (χ0) is 27.6. The van der Waals surface area contributed by atoms with Crippen LogP contribution in [0.25, 0.3) is 22.5 Å². The lowest BCUT2D eigenvalue weighted by molar-refractivity contribution is 0.104. The number of likely N-dealkylation sites (N-methyl/N-ethyl adjacent to an activating group) is 1. The molecule has 1 aromatic heterocycles. The van der Waals surface area contributed by atoms with Crippen molar-refractivity contribution in [1.29, 1.82) is 0 Å². The number of rotatable bonds is 8. The van der Waals surface area contributed by atoms with Gasteiger partial charge in [0.25, 0.3) is 0 Å². The predicted molar refractivity (Wildman–Crippen MR) is 174 cm³/mol. The van der Waals surface area contributed by atoms with Crippen LogP contribution in [0.3, 0.4) is 0 Å². The van der Waals surface area contributed by atoms with Crippen LogP contribution in [-0.2, 0) is 0 Å². The minimum atomic E-state index is -0.366. The van der Waals surface area contributed by atoms with Gasteiger partial charge in [0.2, 0.25) is 0 Å². The lowest BCUT2D eigenvalue weighted by Crippen LogP contribution is -2.53. The largest absolute Gasteiger partial charge is 0.494 e. The molecule has 0 spiro atoms. The Bertz CT molecular complexity index is 1400. The normalized spacial score (nSPS) is 19.3. The molecule has 3 aliphatic rings. The summed E-state index contributed by atoms with van der Waals surface area (Å²) >= 11 is 0. The number of ketones is 1. The van der Waals surface area contributed by atoms with Crippen LogP contribution in [0.2, 0.25) is 0 Å². The van der Waals surface area contributed by atoms with Crippen molar-refractivity contribution in [3.05, 3.63) is 53.6 Å². The van der Waals surface area contributed by atoms with Crippen LogP contribution in [-0.4, -0.2) is 83.5 Å². The van der Waals surface area contributed by atoms with Gasteiger partial charge in [-0.2, -0.15) is 5.10 Å². The summed E-state index contributed by atoms with van der Waals surface area (Å²) in [4.78, 5) is 28.6. The molecule has 43 heavy (non-hydrogen) atoms. The van der Waals surface area contributed by atoms with E-state index in [0.29, 0.717) is 46.6 Å². The molecule has 0 radical (unpaired) electrons. The Hall–Kier alpha value is -2.86. The standard InChI is InChI=1S/C30H36N6O4.3ClH/c1-35-13-15-36(16-14-35)34-30(39)31-24-7-3-6-23-25(24)29(38)26-27(32-33-28(23)26)20-8-10-22(11-9-20)40-17-12-19-4-2-5-21(19)18-37;;;/h3,6-11,19,21,37H,2,4-5,12-18H2,1H3,(H,32,33)(H2,31,34,39);3*1H/t19?,21-;;;/m0.../s1. The molecule has 0 bridgehead atoms. The first kappa shape index (κ1) is 34.6. The number of aliphatic hydroxyl groups is 1. The smallest absolute Gasteiger partial charge is 0.333 e. The average molecular weight is 654 g/mol. The fourth-order valence-electron chi connectivity index (χ4n) is 6.18. The topological polar surface area (TPSA) is 123 Å². The number of hydrogen-bond acceptors (Lipinski definition) is 7. The second-order valence-electron chi connectivity index (χ2n) is 11.0. The number of piperazine rings is 1. The minimum Gasteiger partial charge on any atom is -0.494 e. The quantitative estimate of drug-likeness (QED) is 0.211. The van der Waals surface area contributed by atoms with Gasteiger partial charge in [0.1, 0.15) is 11.4 Å². The number of ether oxygens (including phenoxy) is 1. The number of aliphatic hydroxyl groups excluding tert-OH is 1. The molecule has 2 aliphatic carbocycles. The van der Waals surface area contributed by atoms with Crippen molar-refractivity contribution in [1.82, 2.24) is 25.5 Å². The molecule has 1 saturated heterocycles. The van der Waals surface area contributed by atoms with E-state index in [-0.39, 0.29) is 55.6 Å². The maximum Gasteiger partial charge on any atom is 0.333 e. The van der Waals surface area contributed by atoms with Crippen molar-refractivity contribution in [3.63, 3.8) is 0 Å². The van der Waals surface area contributed by atoms with E-state index < -0.39 is 0 Å². The summed E-state index contributed by atoms with van der Waals surface area (Å²) in [7, 11) is 2.06. The third-order valence-corrected chi connectivity index (χ3v) is 8.50. The summed E-state index contributed by atoms with van der Waals surface area (Å²) in [5.74, 6) is 1.53. The fourth-order valence-corrected chi connectivity index (χ4v) is 6.18. The van der Waals surface area contributed by atoms with Crippen molar-refractivity contribution >= 4 is 54.7 Å². The van der Waals surface area contributed by atoms with Crippen LogP contribution < -0.4 is 15.5 Å². The third-order valence-electron chi connectivity index (χ3n) is 8.50. The van der Waals surface area contributed by atoms with Crippen LogP contribution in [0, 0.1) is 11.8 Å². The van der Waals surface area contributed by atoms with E-state index in [2.05, 4.69) is 32.9 Å². The molecule has 1 saturated carbocycles. The molecule has 2 amide bonds. The Morgan fingerprint density at radius 1 is 1.02 bits per heavy atom. The van der Waals surface area contributed by atoms with Gasteiger partial charge in [-0.3, -0.25) is 15.3 Å². The highest BCUT2D eigenvalue weighted by atomic mass is 35.5. The van der Waals surface area contributed by atoms with Crippen LogP contribution in [0.15, 0.2) is 42.5 Å². The summed E-state index contributed by atoms with van der Waals surface area (Å²) in [6.07, 6.45) is 4.39. The molecule has 2 aromatic carbocycles. The lowest BCUT2D eigenvalue weighted by Gasteiger charge is -2.32. The minimum absolute atomic E-state index is 0. The van der Waals surface area contributed by atoms with E-state index in [9.17, 15) is 14.7 Å². The second kappa shape index (κ2) is 15.2. The first-order valence-electron chi connectivity index (χ1n) is 14.1. The molecule has 3 aromatic rings. The van der Waals surface area contributed by atoms with Gasteiger partial charge in [0.05, 0.1) is 29.1 Å². The Morgan fingerprint density at radius 2 is 1.74 bits per heavy atom. The number of anilines is 1. The van der Waals surface area contributed by atoms with E-state index in [1.165, 1.54) is 6.42 Å². The van der Waals surface area contributed by atoms with Gasteiger partial charge in [0.15, 0.2) is 5.78 Å². The summed E-state index contributed by atoms with van der Waals surface area (Å²) in [5, 5.41) is 21.8. The second-order valence-corrected chi connectivity index (χ2v) is 11.0. The Balaban J connectivity index is 0.00000169. The number of halogens is 3. The summed E-state index contributed by atoms with van der Waals surface area (Å²) in [5.41, 5.74) is 7.11. The summed E-state index contributed by atoms with van der Waals surface area (Å²) in [6.45, 7) is 4.11. The van der Waals surface area contributed by atoms with Gasteiger partial charge in [-0.25, -0.2) is 9.80 Å². The number of hydrazine groups is 1. The summed E-state index contributed by atoms with van der Waals surface area (Å²) in [6, 6.07) is 12.7. The average Bonchev–Trinajstić information content (AvgIpc) is 3.67. The number of fused-ring (bicyclic) bond motifs is 3. The van der Waals surface area contributed by atoms with Crippen molar-refractivity contribution in [2.45, 2.75) is 25.7 Å². The van der Waals surface area contributed by atoms with E-state index in [0.717, 1.165) is 62.3 Å². The van der Waals surface area contributed by atoms with E-state index >= 15 is 0 Å². The SMILES string of the molecule is CN1CCN(NC(=O)Nc2cccc3c2C(=O)c2c(-c4ccc(OCCC5CCC[C@H]5CO)cc4)n[nH]c2-3)CC1.Cl.Cl.Cl. The predicted octanol–water partition coefficient (Wildman–Crippen LogP) is 5.01. The van der Waals surface area contributed by atoms with Crippen molar-refractivity contribution in [2.24, 2.45) is 11.8 Å². The van der Waals surface area contributed by atoms with Crippen molar-refractivity contribution in [2.75, 3.05) is 51.8 Å². The number of nitrogens with one attached hydrogen (secondary N) is 3. The molecule has 234 valence electrons. The monoisotopic (exact) mass is 652 g/mol. The van der Waals surface area contributed by atoms with Gasteiger partial charge >= 0.3 is 6.03 Å². The highest BCUT2D eigenvalue weighted by Gasteiger charge is 2.35. The molecule has 1 aliphatic heterocycles. The zero-order valence-electron chi connectivity index (χ0n) is 24.0. The Labute approximate surface area is 270 Å². The van der Waals surface area contributed by atoms with Crippen molar-refractivity contribution in [3.8, 4) is 28.3 Å². The highest BCUT2D eigenvalue weighted by molar-refractivity contribution is 6.26. The first-order chi connectivity index (χ1) is 19.5. The fraction of sp³-hybridized carbons (Fsp3) is 0.433. The maximum absolute atomic E-state index is 13.7. The number of amides is 2. The van der Waals surface area contributed by atoms with Gasteiger partial charge < -0.3 is 20.1 Å². The molecule has 10 nitrogen and oxygen atoms in total. The van der Waals surface area contributed by atoms with E-state index in [1.54, 1.807) is 6.07 Å². The lowest BCUT2D eigenvalue weighted by atomic mass is 9.94. The van der Waals surface area contributed by atoms with Crippen LogP contribution in [0.1, 0.15) is 41.6 Å². The number of benzene rings is 2. The number of urea groups is 1. The molecule has 13 heteroatoms. The van der Waals surface area contributed by atoms with Crippen molar-refractivity contribution < 1.29 is 19.4 Å². The molecule has 2 heterocycles. The number of hydrogen-bond donors (Lipinski definition) is 4. The van der Waals surface area contributed by atoms with Gasteiger partial charge in [0, 0.05) is 43.9 Å². The van der Waals surface area contributed by atoms with Gasteiger partial charge in [-0.15, -0.1) is 37.2 Å². The highest BCUT2D eigenvalue weighted by Crippen LogP contribution is 2.43. The van der Waals surface area contributed by atoms with Gasteiger partial charge in [-0.1, -0.05) is 18.6 Å². The zero-order valence-corrected chi connectivity index (χ0v) is 26.5. The maximum atomic E-state index is 13.7. The molecule has 2 atom stereocenters. The van der Waals surface area contributed by atoms with Crippen LogP contribution in [0.5, 0.6) is 5.75 Å². The number of nitrogens with zero attached hydrogens (tertiary/aromatic N) is 3. The molecular weight excluding hydrogens is 615 g/mol. The molecular formula is C30H39Cl3N6O4. The van der Waals surface area contributed by atoms with Gasteiger partial charge in [-0.05, 0) is 68.5 Å². The Kier molecular flexibility index (Phi) is 12.3. The first-order valence-corrected chi connectivity index (χ1v) is 14.1. The molecule has 1 unspecified atom stereocenters. The third kappa shape index (κ3) is 7.28. The van der Waals surface area contributed by atoms with Crippen LogP contribution in [0.4, 0.5) is 10.5 Å². The number of aromatic amines is 1. The summed E-state index contributed by atoms with van der Waals surface area (Å²) < 4.78 is 5.98. The van der Waals surface area contributed by atoms with E-state index in [1.807, 2.05) is 41.4 Å². The number of carbonyl (C=O) groups excluding carboxylic acids is 2. The Morgan fingerprint density at radius 3 is 2.47 bits per heavy atom. The van der Waals surface area contributed by atoms with E-state index in [4.69, 9.17) is 4.74 Å². The molecule has 6 rings (SSSR count). The number of H-pyrrole nitrogens is 1. The number of aromatic nitrogens is 2.